The first-order chi connectivity index (χ1) is 13.1. The monoisotopic (exact) mass is 374 g/mol. The number of ether oxygens (including phenoxy) is 1. The van der Waals surface area contributed by atoms with Crippen molar-refractivity contribution in [3.05, 3.63) is 59.7 Å². The Hall–Kier alpha value is -2.47. The summed E-state index contributed by atoms with van der Waals surface area (Å²) in [6.07, 6.45) is 4.17. The van der Waals surface area contributed by atoms with Gasteiger partial charge in [0.25, 0.3) is 0 Å². The highest BCUT2D eigenvalue weighted by molar-refractivity contribution is 5.92. The van der Waals surface area contributed by atoms with E-state index in [9.17, 15) is 13.6 Å². The van der Waals surface area contributed by atoms with Crippen molar-refractivity contribution in [3.63, 3.8) is 0 Å². The Labute approximate surface area is 158 Å². The molecular formula is C21H24F2N2O2. The Bertz CT molecular complexity index is 780. The van der Waals surface area contributed by atoms with E-state index >= 15 is 0 Å². The molecule has 0 radical (unpaired) electrons. The minimum atomic E-state index is -0.646. The maximum absolute atomic E-state index is 13.8. The van der Waals surface area contributed by atoms with Crippen molar-refractivity contribution in [2.75, 3.05) is 25.5 Å². The molecule has 27 heavy (non-hydrogen) atoms. The van der Waals surface area contributed by atoms with Crippen molar-refractivity contribution in [1.82, 2.24) is 4.90 Å². The second-order valence-electron chi connectivity index (χ2n) is 6.78. The topological polar surface area (TPSA) is 41.6 Å². The van der Waals surface area contributed by atoms with Crippen LogP contribution < -0.4 is 10.1 Å². The van der Waals surface area contributed by atoms with Gasteiger partial charge >= 0.3 is 0 Å². The predicted octanol–water partition coefficient (Wildman–Crippen LogP) is 4.53. The van der Waals surface area contributed by atoms with E-state index in [4.69, 9.17) is 4.74 Å². The van der Waals surface area contributed by atoms with E-state index in [-0.39, 0.29) is 24.2 Å². The molecule has 6 heteroatoms. The van der Waals surface area contributed by atoms with Gasteiger partial charge in [-0.3, -0.25) is 9.69 Å². The third-order valence-electron chi connectivity index (χ3n) is 4.91. The first kappa shape index (κ1) is 19.3. The van der Waals surface area contributed by atoms with E-state index in [0.29, 0.717) is 0 Å². The van der Waals surface area contributed by atoms with E-state index in [2.05, 4.69) is 10.2 Å². The van der Waals surface area contributed by atoms with Crippen LogP contribution in [0.25, 0.3) is 0 Å². The molecular weight excluding hydrogens is 350 g/mol. The minimum absolute atomic E-state index is 0.113. The Balaban J connectivity index is 1.72. The molecule has 2 aromatic carbocycles. The minimum Gasteiger partial charge on any atom is -0.497 e. The number of carbonyl (C=O) groups is 1. The molecule has 1 N–H and O–H groups in total. The second kappa shape index (κ2) is 8.95. The van der Waals surface area contributed by atoms with Gasteiger partial charge in [-0.05, 0) is 49.2 Å². The summed E-state index contributed by atoms with van der Waals surface area (Å²) in [5.41, 5.74) is 0.998. The fraction of sp³-hybridized carbons (Fsp3) is 0.381. The highest BCUT2D eigenvalue weighted by Gasteiger charge is 2.25. The Morgan fingerprint density at radius 3 is 2.67 bits per heavy atom. The van der Waals surface area contributed by atoms with Gasteiger partial charge in [-0.1, -0.05) is 25.0 Å². The summed E-state index contributed by atoms with van der Waals surface area (Å²) in [4.78, 5) is 14.6. The highest BCUT2D eigenvalue weighted by Crippen LogP contribution is 2.31. The number of hydrogen-bond donors (Lipinski definition) is 1. The molecule has 3 rings (SSSR count). The van der Waals surface area contributed by atoms with Gasteiger partial charge in [-0.25, -0.2) is 8.78 Å². The van der Waals surface area contributed by atoms with Crippen molar-refractivity contribution in [1.29, 1.82) is 0 Å². The fourth-order valence-electron chi connectivity index (χ4n) is 3.53. The first-order valence-corrected chi connectivity index (χ1v) is 9.19. The predicted molar refractivity (Wildman–Crippen MR) is 101 cm³/mol. The molecule has 1 unspecified atom stereocenters. The lowest BCUT2D eigenvalue weighted by Crippen LogP contribution is -2.36. The quantitative estimate of drug-likeness (QED) is 0.836. The maximum Gasteiger partial charge on any atom is 0.238 e. The van der Waals surface area contributed by atoms with Crippen LogP contribution in [0.1, 0.15) is 37.3 Å². The SMILES string of the molecule is COc1ccc(C2CCCCCN2CC(=O)Nc2cc(F)ccc2F)cc1. The molecule has 1 saturated heterocycles. The molecule has 0 aliphatic carbocycles. The number of methoxy groups -OCH3 is 1. The van der Waals surface area contributed by atoms with Gasteiger partial charge in [0.05, 0.1) is 19.3 Å². The number of benzene rings is 2. The van der Waals surface area contributed by atoms with Crippen LogP contribution in [0.15, 0.2) is 42.5 Å². The summed E-state index contributed by atoms with van der Waals surface area (Å²) < 4.78 is 32.3. The van der Waals surface area contributed by atoms with Crippen LogP contribution in [0.2, 0.25) is 0 Å². The molecule has 1 fully saturated rings. The van der Waals surface area contributed by atoms with E-state index in [1.54, 1.807) is 7.11 Å². The van der Waals surface area contributed by atoms with Crippen molar-refractivity contribution in [3.8, 4) is 5.75 Å². The summed E-state index contributed by atoms with van der Waals surface area (Å²) in [6, 6.07) is 11.0. The van der Waals surface area contributed by atoms with Gasteiger partial charge in [-0.2, -0.15) is 0 Å². The zero-order chi connectivity index (χ0) is 19.2. The lowest BCUT2D eigenvalue weighted by Gasteiger charge is -2.29. The zero-order valence-corrected chi connectivity index (χ0v) is 15.4. The van der Waals surface area contributed by atoms with Gasteiger partial charge in [0.1, 0.15) is 17.4 Å². The number of nitrogens with zero attached hydrogens (tertiary/aromatic N) is 1. The Kier molecular flexibility index (Phi) is 6.40. The molecule has 4 nitrogen and oxygen atoms in total. The average Bonchev–Trinajstić information content (AvgIpc) is 2.90. The number of carbonyl (C=O) groups excluding carboxylic acids is 1. The molecule has 1 aliphatic heterocycles. The van der Waals surface area contributed by atoms with Gasteiger partial charge in [0, 0.05) is 12.1 Å². The standard InChI is InChI=1S/C21H24F2N2O2/c1-27-17-9-6-15(7-10-17)20-5-3-2-4-12-25(20)14-21(26)24-19-13-16(22)8-11-18(19)23/h6-11,13,20H,2-5,12,14H2,1H3,(H,24,26). The molecule has 0 aromatic heterocycles. The van der Waals surface area contributed by atoms with Crippen molar-refractivity contribution >= 4 is 11.6 Å². The lowest BCUT2D eigenvalue weighted by molar-refractivity contribution is -0.117. The maximum atomic E-state index is 13.8. The summed E-state index contributed by atoms with van der Waals surface area (Å²) in [7, 11) is 1.63. The highest BCUT2D eigenvalue weighted by atomic mass is 19.1. The van der Waals surface area contributed by atoms with Crippen molar-refractivity contribution in [2.45, 2.75) is 31.7 Å². The Morgan fingerprint density at radius 1 is 1.15 bits per heavy atom. The van der Waals surface area contributed by atoms with E-state index < -0.39 is 11.6 Å². The van der Waals surface area contributed by atoms with Crippen LogP contribution in [0, 0.1) is 11.6 Å². The second-order valence-corrected chi connectivity index (χ2v) is 6.78. The molecule has 1 amide bonds. The largest absolute Gasteiger partial charge is 0.497 e. The van der Waals surface area contributed by atoms with Gasteiger partial charge < -0.3 is 10.1 Å². The number of anilines is 1. The lowest BCUT2D eigenvalue weighted by atomic mass is 10.0. The van der Waals surface area contributed by atoms with Crippen LogP contribution in [0.4, 0.5) is 14.5 Å². The number of nitrogens with one attached hydrogen (secondary N) is 1. The van der Waals surface area contributed by atoms with Crippen LogP contribution >= 0.6 is 0 Å². The number of likely N-dealkylation sites (tertiary alicyclic amines) is 1. The zero-order valence-electron chi connectivity index (χ0n) is 15.4. The summed E-state index contributed by atoms with van der Waals surface area (Å²) in [6.45, 7) is 0.919. The van der Waals surface area contributed by atoms with Crippen molar-refractivity contribution < 1.29 is 18.3 Å². The number of amides is 1. The molecule has 0 bridgehead atoms. The summed E-state index contributed by atoms with van der Waals surface area (Å²) >= 11 is 0. The van der Waals surface area contributed by atoms with Crippen LogP contribution in [-0.2, 0) is 4.79 Å². The number of halogens is 2. The molecule has 0 spiro atoms. The summed E-state index contributed by atoms with van der Waals surface area (Å²) in [5.74, 6) is -0.789. The molecule has 2 aromatic rings. The third-order valence-corrected chi connectivity index (χ3v) is 4.91. The van der Waals surface area contributed by atoms with E-state index in [0.717, 1.165) is 61.7 Å². The van der Waals surface area contributed by atoms with Gasteiger partial charge in [0.2, 0.25) is 5.91 Å². The van der Waals surface area contributed by atoms with Gasteiger partial charge in [-0.15, -0.1) is 0 Å². The summed E-state index contributed by atoms with van der Waals surface area (Å²) in [5, 5.41) is 2.49. The molecule has 1 heterocycles. The molecule has 144 valence electrons. The van der Waals surface area contributed by atoms with Crippen molar-refractivity contribution in [2.24, 2.45) is 0 Å². The van der Waals surface area contributed by atoms with Crippen LogP contribution in [-0.4, -0.2) is 31.0 Å². The molecule has 1 aliphatic rings. The average molecular weight is 374 g/mol. The smallest absolute Gasteiger partial charge is 0.238 e. The van der Waals surface area contributed by atoms with Gasteiger partial charge in [0.15, 0.2) is 0 Å². The first-order valence-electron chi connectivity index (χ1n) is 9.19. The number of rotatable bonds is 5. The van der Waals surface area contributed by atoms with E-state index in [1.165, 1.54) is 0 Å². The third kappa shape index (κ3) is 5.04. The number of hydrogen-bond acceptors (Lipinski definition) is 3. The molecule has 1 atom stereocenters. The Morgan fingerprint density at radius 2 is 1.93 bits per heavy atom. The van der Waals surface area contributed by atoms with Crippen LogP contribution in [0.5, 0.6) is 5.75 Å². The normalized spacial score (nSPS) is 18.0. The van der Waals surface area contributed by atoms with E-state index in [1.807, 2.05) is 24.3 Å². The van der Waals surface area contributed by atoms with Crippen LogP contribution in [0.3, 0.4) is 0 Å². The molecule has 0 saturated carbocycles. The fourth-order valence-corrected chi connectivity index (χ4v) is 3.53.